The van der Waals surface area contributed by atoms with Gasteiger partial charge >= 0.3 is 0 Å². The number of carbonyl (C=O) groups excluding carboxylic acids is 1. The molecule has 114 valence electrons. The normalized spacial score (nSPS) is 13.8. The summed E-state index contributed by atoms with van der Waals surface area (Å²) in [6.07, 6.45) is 6.25. The van der Waals surface area contributed by atoms with Crippen LogP contribution in [0.5, 0.6) is 0 Å². The molecular weight excluding hydrogens is 278 g/mol. The molecule has 1 aliphatic carbocycles. The van der Waals surface area contributed by atoms with E-state index in [1.807, 2.05) is 32.0 Å². The van der Waals surface area contributed by atoms with E-state index in [1.165, 1.54) is 11.1 Å². The Morgan fingerprint density at radius 1 is 1.36 bits per heavy atom. The summed E-state index contributed by atoms with van der Waals surface area (Å²) >= 11 is 0. The molecule has 5 nitrogen and oxygen atoms in total. The fraction of sp³-hybridized carbons (Fsp3) is 0.353. The van der Waals surface area contributed by atoms with Crippen LogP contribution in [-0.4, -0.2) is 16.0 Å². The van der Waals surface area contributed by atoms with E-state index in [4.69, 9.17) is 4.52 Å². The summed E-state index contributed by atoms with van der Waals surface area (Å²) in [7, 11) is 0. The first-order valence-electron chi connectivity index (χ1n) is 7.38. The predicted molar refractivity (Wildman–Crippen MR) is 83.3 cm³/mol. The van der Waals surface area contributed by atoms with Crippen molar-refractivity contribution in [2.24, 2.45) is 0 Å². The second-order valence-corrected chi connectivity index (χ2v) is 6.07. The number of nitrogens with zero attached hydrogens (tertiary/aromatic N) is 2. The highest BCUT2D eigenvalue weighted by Crippen LogP contribution is 2.22. The van der Waals surface area contributed by atoms with Gasteiger partial charge in [-0.2, -0.15) is 4.98 Å². The van der Waals surface area contributed by atoms with E-state index in [-0.39, 0.29) is 5.91 Å². The molecule has 0 saturated carbocycles. The molecule has 1 N–H and O–H groups in total. The summed E-state index contributed by atoms with van der Waals surface area (Å²) in [5.41, 5.74) is 2.37. The van der Waals surface area contributed by atoms with Crippen LogP contribution >= 0.6 is 0 Å². The lowest BCUT2D eigenvalue weighted by atomic mass is 9.95. The van der Waals surface area contributed by atoms with Gasteiger partial charge in [-0.1, -0.05) is 23.4 Å². The van der Waals surface area contributed by atoms with Gasteiger partial charge in [0, 0.05) is 12.5 Å². The van der Waals surface area contributed by atoms with Gasteiger partial charge in [-0.15, -0.1) is 0 Å². The highest BCUT2D eigenvalue weighted by Gasteiger charge is 2.28. The molecule has 0 atom stereocenters. The van der Waals surface area contributed by atoms with Crippen molar-refractivity contribution in [1.82, 2.24) is 15.5 Å². The molecule has 3 rings (SSSR count). The van der Waals surface area contributed by atoms with Crippen LogP contribution in [0.25, 0.3) is 6.08 Å². The molecule has 0 fully saturated rings. The molecule has 1 aromatic carbocycles. The summed E-state index contributed by atoms with van der Waals surface area (Å²) in [6, 6.07) is 5.80. The molecule has 0 unspecified atom stereocenters. The number of hydrogen-bond acceptors (Lipinski definition) is 4. The Bertz CT molecular complexity index is 744. The average Bonchev–Trinajstić information content (AvgIpc) is 2.94. The maximum absolute atomic E-state index is 12.5. The number of amides is 1. The van der Waals surface area contributed by atoms with Crippen molar-refractivity contribution < 1.29 is 9.32 Å². The van der Waals surface area contributed by atoms with Crippen molar-refractivity contribution in [3.63, 3.8) is 0 Å². The zero-order chi connectivity index (χ0) is 15.7. The Kier molecular flexibility index (Phi) is 3.56. The van der Waals surface area contributed by atoms with Crippen LogP contribution in [-0.2, 0) is 12.0 Å². The number of nitrogens with one attached hydrogen (secondary N) is 1. The molecule has 2 aromatic rings. The lowest BCUT2D eigenvalue weighted by Gasteiger charge is -2.22. The minimum atomic E-state index is -0.690. The first-order valence-corrected chi connectivity index (χ1v) is 7.38. The van der Waals surface area contributed by atoms with Crippen LogP contribution < -0.4 is 5.32 Å². The Labute approximate surface area is 129 Å². The third-order valence-corrected chi connectivity index (χ3v) is 3.80. The number of aryl methyl sites for hydroxylation is 2. The lowest BCUT2D eigenvalue weighted by Crippen LogP contribution is -2.41. The second-order valence-electron chi connectivity index (χ2n) is 6.07. The number of carbonyl (C=O) groups is 1. The average molecular weight is 297 g/mol. The van der Waals surface area contributed by atoms with Gasteiger partial charge in [0.15, 0.2) is 5.82 Å². The fourth-order valence-electron chi connectivity index (χ4n) is 2.54. The number of hydrogen-bond donors (Lipinski definition) is 1. The number of rotatable bonds is 3. The zero-order valence-electron chi connectivity index (χ0n) is 13.0. The summed E-state index contributed by atoms with van der Waals surface area (Å²) in [5, 5.41) is 6.86. The Morgan fingerprint density at radius 2 is 2.18 bits per heavy atom. The van der Waals surface area contributed by atoms with E-state index in [9.17, 15) is 4.79 Å². The summed E-state index contributed by atoms with van der Waals surface area (Å²) in [4.78, 5) is 16.7. The van der Waals surface area contributed by atoms with Crippen LogP contribution in [0.15, 0.2) is 28.8 Å². The van der Waals surface area contributed by atoms with E-state index in [1.54, 1.807) is 6.92 Å². The van der Waals surface area contributed by atoms with Crippen molar-refractivity contribution in [1.29, 1.82) is 0 Å². The first kappa shape index (κ1) is 14.5. The van der Waals surface area contributed by atoms with Gasteiger partial charge in [-0.05, 0) is 49.9 Å². The molecule has 0 bridgehead atoms. The number of fused-ring (bicyclic) bond motifs is 1. The smallest absolute Gasteiger partial charge is 0.252 e. The van der Waals surface area contributed by atoms with Crippen LogP contribution in [0.2, 0.25) is 0 Å². The van der Waals surface area contributed by atoms with Crippen molar-refractivity contribution >= 4 is 12.0 Å². The van der Waals surface area contributed by atoms with Crippen molar-refractivity contribution in [3.8, 4) is 0 Å². The van der Waals surface area contributed by atoms with Gasteiger partial charge in [-0.25, -0.2) is 0 Å². The van der Waals surface area contributed by atoms with Crippen LogP contribution in [0, 0.1) is 6.92 Å². The topological polar surface area (TPSA) is 68.0 Å². The Morgan fingerprint density at radius 3 is 2.91 bits per heavy atom. The van der Waals surface area contributed by atoms with Gasteiger partial charge < -0.3 is 9.84 Å². The number of allylic oxidation sites excluding steroid dienone is 1. The maximum Gasteiger partial charge on any atom is 0.252 e. The standard InChI is InChI=1S/C17H19N3O2/c1-11-18-16(20-22-11)17(2,3)19-15(21)14-9-8-12-6-4-5-7-13(12)10-14/h4,6,8-10H,5,7H2,1-3H3,(H,19,21). The molecular formula is C17H19N3O2. The van der Waals surface area contributed by atoms with Crippen LogP contribution in [0.1, 0.15) is 53.5 Å². The van der Waals surface area contributed by atoms with Gasteiger partial charge in [0.25, 0.3) is 5.91 Å². The van der Waals surface area contributed by atoms with Crippen molar-refractivity contribution in [2.75, 3.05) is 0 Å². The molecule has 0 aliphatic heterocycles. The first-order chi connectivity index (χ1) is 10.5. The molecule has 1 aromatic heterocycles. The molecule has 1 aliphatic rings. The largest absolute Gasteiger partial charge is 0.340 e. The summed E-state index contributed by atoms with van der Waals surface area (Å²) in [6.45, 7) is 5.44. The van der Waals surface area contributed by atoms with Gasteiger partial charge in [0.05, 0.1) is 5.54 Å². The Hall–Kier alpha value is -2.43. The number of benzene rings is 1. The molecule has 1 amide bonds. The highest BCUT2D eigenvalue weighted by atomic mass is 16.5. The minimum absolute atomic E-state index is 0.134. The van der Waals surface area contributed by atoms with Crippen molar-refractivity contribution in [2.45, 2.75) is 39.2 Å². The zero-order valence-corrected chi connectivity index (χ0v) is 13.0. The SMILES string of the molecule is Cc1nc(C(C)(C)NC(=O)c2ccc3c(c2)CCC=C3)no1. The summed E-state index contributed by atoms with van der Waals surface area (Å²) < 4.78 is 4.99. The highest BCUT2D eigenvalue weighted by molar-refractivity contribution is 5.95. The van der Waals surface area contributed by atoms with Crippen LogP contribution in [0.3, 0.4) is 0 Å². The molecule has 0 radical (unpaired) electrons. The van der Waals surface area contributed by atoms with E-state index in [0.717, 1.165) is 12.8 Å². The molecule has 0 spiro atoms. The lowest BCUT2D eigenvalue weighted by molar-refractivity contribution is 0.0907. The van der Waals surface area contributed by atoms with Crippen LogP contribution in [0.4, 0.5) is 0 Å². The third kappa shape index (κ3) is 2.79. The quantitative estimate of drug-likeness (QED) is 0.945. The summed E-state index contributed by atoms with van der Waals surface area (Å²) in [5.74, 6) is 0.821. The maximum atomic E-state index is 12.5. The Balaban J connectivity index is 1.81. The third-order valence-electron chi connectivity index (χ3n) is 3.80. The fourth-order valence-corrected chi connectivity index (χ4v) is 2.54. The van der Waals surface area contributed by atoms with E-state index in [2.05, 4.69) is 27.6 Å². The van der Waals surface area contributed by atoms with E-state index < -0.39 is 5.54 Å². The van der Waals surface area contributed by atoms with Crippen molar-refractivity contribution in [3.05, 3.63) is 52.7 Å². The molecule has 0 saturated heterocycles. The van der Waals surface area contributed by atoms with Gasteiger partial charge in [-0.3, -0.25) is 4.79 Å². The second kappa shape index (κ2) is 5.40. The predicted octanol–water partition coefficient (Wildman–Crippen LogP) is 3.00. The molecule has 5 heteroatoms. The van der Waals surface area contributed by atoms with E-state index >= 15 is 0 Å². The van der Waals surface area contributed by atoms with Gasteiger partial charge in [0.2, 0.25) is 5.89 Å². The monoisotopic (exact) mass is 297 g/mol. The van der Waals surface area contributed by atoms with E-state index in [0.29, 0.717) is 17.3 Å². The van der Waals surface area contributed by atoms with Gasteiger partial charge in [0.1, 0.15) is 0 Å². The minimum Gasteiger partial charge on any atom is -0.340 e. The molecule has 1 heterocycles. The number of aromatic nitrogens is 2. The molecule has 22 heavy (non-hydrogen) atoms.